The molecule has 1 aromatic heterocycles. The van der Waals surface area contributed by atoms with Crippen LogP contribution in [0.2, 0.25) is 5.02 Å². The molecule has 0 aliphatic carbocycles. The Hall–Kier alpha value is -1.81. The summed E-state index contributed by atoms with van der Waals surface area (Å²) in [5, 5.41) is 4.98. The van der Waals surface area contributed by atoms with Crippen molar-refractivity contribution in [2.24, 2.45) is 5.73 Å². The van der Waals surface area contributed by atoms with Gasteiger partial charge in [-0.25, -0.2) is 4.68 Å². The van der Waals surface area contributed by atoms with Crippen LogP contribution < -0.4 is 5.73 Å². The van der Waals surface area contributed by atoms with Gasteiger partial charge >= 0.3 is 0 Å². The number of benzene rings is 1. The van der Waals surface area contributed by atoms with Crippen molar-refractivity contribution in [2.45, 2.75) is 13.8 Å². The Morgan fingerprint density at radius 2 is 1.88 bits per heavy atom. The van der Waals surface area contributed by atoms with Gasteiger partial charge in [0.05, 0.1) is 22.1 Å². The second-order valence-corrected chi connectivity index (χ2v) is 4.19. The van der Waals surface area contributed by atoms with Crippen molar-refractivity contribution in [3.05, 3.63) is 46.2 Å². The first-order chi connectivity index (χ1) is 8.00. The second kappa shape index (κ2) is 4.22. The largest absolute Gasteiger partial charge is 0.366 e. The van der Waals surface area contributed by atoms with Crippen LogP contribution in [0.25, 0.3) is 5.69 Å². The van der Waals surface area contributed by atoms with Gasteiger partial charge < -0.3 is 5.73 Å². The Morgan fingerprint density at radius 1 is 1.29 bits per heavy atom. The third-order valence-corrected chi connectivity index (χ3v) is 3.15. The lowest BCUT2D eigenvalue weighted by molar-refractivity contribution is 0.100. The molecule has 1 amide bonds. The van der Waals surface area contributed by atoms with Gasteiger partial charge in [-0.15, -0.1) is 0 Å². The molecule has 0 fully saturated rings. The Morgan fingerprint density at radius 3 is 2.29 bits per heavy atom. The number of hydrogen-bond donors (Lipinski definition) is 1. The number of halogens is 1. The summed E-state index contributed by atoms with van der Waals surface area (Å²) >= 11 is 6.07. The average molecular weight is 250 g/mol. The molecule has 0 radical (unpaired) electrons. The highest BCUT2D eigenvalue weighted by Crippen LogP contribution is 2.22. The normalized spacial score (nSPS) is 10.5. The summed E-state index contributed by atoms with van der Waals surface area (Å²) in [7, 11) is 0. The maximum atomic E-state index is 11.0. The molecule has 0 atom stereocenters. The minimum absolute atomic E-state index is 0.442. The predicted molar refractivity (Wildman–Crippen MR) is 66.6 cm³/mol. The molecule has 2 rings (SSSR count). The number of aromatic nitrogens is 2. The van der Waals surface area contributed by atoms with Gasteiger partial charge in [-0.1, -0.05) is 11.6 Å². The molecule has 0 aliphatic rings. The SMILES string of the molecule is Cc1nn(-c2ccc(C(N)=O)cc2)c(C)c1Cl. The molecule has 0 spiro atoms. The average Bonchev–Trinajstić information content (AvgIpc) is 2.57. The number of nitrogens with zero attached hydrogens (tertiary/aromatic N) is 2. The van der Waals surface area contributed by atoms with Crippen LogP contribution in [0.5, 0.6) is 0 Å². The van der Waals surface area contributed by atoms with Gasteiger partial charge in [0.25, 0.3) is 0 Å². The molecule has 2 aromatic rings. The van der Waals surface area contributed by atoms with E-state index in [0.29, 0.717) is 10.6 Å². The Balaban J connectivity index is 2.47. The Labute approximate surface area is 104 Å². The fraction of sp³-hybridized carbons (Fsp3) is 0.167. The highest BCUT2D eigenvalue weighted by Gasteiger charge is 2.10. The van der Waals surface area contributed by atoms with Crippen LogP contribution >= 0.6 is 11.6 Å². The van der Waals surface area contributed by atoms with Crippen LogP contribution in [0.4, 0.5) is 0 Å². The number of carbonyl (C=O) groups excluding carboxylic acids is 1. The van der Waals surface area contributed by atoms with Gasteiger partial charge in [0.1, 0.15) is 0 Å². The molecule has 2 N–H and O–H groups in total. The van der Waals surface area contributed by atoms with Crippen LogP contribution in [0.15, 0.2) is 24.3 Å². The summed E-state index contributed by atoms with van der Waals surface area (Å²) in [6.45, 7) is 3.74. The maximum Gasteiger partial charge on any atom is 0.248 e. The predicted octanol–water partition coefficient (Wildman–Crippen LogP) is 2.24. The van der Waals surface area contributed by atoms with Gasteiger partial charge in [-0.2, -0.15) is 5.10 Å². The van der Waals surface area contributed by atoms with Crippen LogP contribution in [-0.2, 0) is 0 Å². The van der Waals surface area contributed by atoms with E-state index in [4.69, 9.17) is 17.3 Å². The molecule has 0 aliphatic heterocycles. The molecule has 0 unspecified atom stereocenters. The third-order valence-electron chi connectivity index (χ3n) is 2.60. The lowest BCUT2D eigenvalue weighted by Gasteiger charge is -2.04. The minimum atomic E-state index is -0.442. The van der Waals surface area contributed by atoms with E-state index in [9.17, 15) is 4.79 Å². The maximum absolute atomic E-state index is 11.0. The quantitative estimate of drug-likeness (QED) is 0.887. The molecule has 0 bridgehead atoms. The Kier molecular flexibility index (Phi) is 2.90. The summed E-state index contributed by atoms with van der Waals surface area (Å²) in [6, 6.07) is 6.91. The molecule has 0 saturated heterocycles. The van der Waals surface area contributed by atoms with Crippen molar-refractivity contribution in [3.8, 4) is 5.69 Å². The van der Waals surface area contributed by atoms with Crippen LogP contribution in [0, 0.1) is 13.8 Å². The first-order valence-corrected chi connectivity index (χ1v) is 5.50. The summed E-state index contributed by atoms with van der Waals surface area (Å²) < 4.78 is 1.74. The molecular weight excluding hydrogens is 238 g/mol. The number of nitrogens with two attached hydrogens (primary N) is 1. The number of rotatable bonds is 2. The van der Waals surface area contributed by atoms with E-state index in [1.54, 1.807) is 28.9 Å². The lowest BCUT2D eigenvalue weighted by atomic mass is 10.2. The molecule has 1 heterocycles. The first-order valence-electron chi connectivity index (χ1n) is 5.12. The van der Waals surface area contributed by atoms with E-state index >= 15 is 0 Å². The summed E-state index contributed by atoms with van der Waals surface area (Å²) in [5.74, 6) is -0.442. The summed E-state index contributed by atoms with van der Waals surface area (Å²) in [5.41, 5.74) is 8.15. The number of hydrogen-bond acceptors (Lipinski definition) is 2. The fourth-order valence-electron chi connectivity index (χ4n) is 1.64. The number of aryl methyl sites for hydroxylation is 1. The zero-order chi connectivity index (χ0) is 12.6. The van der Waals surface area contributed by atoms with E-state index in [1.807, 2.05) is 13.8 Å². The zero-order valence-corrected chi connectivity index (χ0v) is 10.3. The van der Waals surface area contributed by atoms with Gasteiger partial charge in [-0.3, -0.25) is 4.79 Å². The van der Waals surface area contributed by atoms with Crippen molar-refractivity contribution in [3.63, 3.8) is 0 Å². The summed E-state index contributed by atoms with van der Waals surface area (Å²) in [6.07, 6.45) is 0. The van der Waals surface area contributed by atoms with Crippen LogP contribution in [0.3, 0.4) is 0 Å². The molecule has 4 nitrogen and oxygen atoms in total. The Bertz CT molecular complexity index is 572. The van der Waals surface area contributed by atoms with Gasteiger partial charge in [0.15, 0.2) is 0 Å². The highest BCUT2D eigenvalue weighted by molar-refractivity contribution is 6.31. The highest BCUT2D eigenvalue weighted by atomic mass is 35.5. The number of carbonyl (C=O) groups is 1. The van der Waals surface area contributed by atoms with Gasteiger partial charge in [0.2, 0.25) is 5.91 Å². The molecule has 0 saturated carbocycles. The minimum Gasteiger partial charge on any atom is -0.366 e. The molecule has 17 heavy (non-hydrogen) atoms. The standard InChI is InChI=1S/C12H12ClN3O/c1-7-11(13)8(2)16(15-7)10-5-3-9(4-6-10)12(14)17/h3-6H,1-2H3,(H2,14,17). The first kappa shape index (κ1) is 11.7. The fourth-order valence-corrected chi connectivity index (χ4v) is 1.76. The number of amides is 1. The van der Waals surface area contributed by atoms with Crippen molar-refractivity contribution >= 4 is 17.5 Å². The smallest absolute Gasteiger partial charge is 0.248 e. The van der Waals surface area contributed by atoms with E-state index in [0.717, 1.165) is 17.1 Å². The van der Waals surface area contributed by atoms with Gasteiger partial charge in [-0.05, 0) is 38.1 Å². The van der Waals surface area contributed by atoms with Crippen molar-refractivity contribution in [2.75, 3.05) is 0 Å². The van der Waals surface area contributed by atoms with Crippen molar-refractivity contribution in [1.29, 1.82) is 0 Å². The third kappa shape index (κ3) is 2.03. The summed E-state index contributed by atoms with van der Waals surface area (Å²) in [4.78, 5) is 11.0. The van der Waals surface area contributed by atoms with E-state index in [2.05, 4.69) is 5.10 Å². The van der Waals surface area contributed by atoms with E-state index in [-0.39, 0.29) is 0 Å². The van der Waals surface area contributed by atoms with E-state index < -0.39 is 5.91 Å². The molecule has 1 aromatic carbocycles. The van der Waals surface area contributed by atoms with Crippen LogP contribution in [0.1, 0.15) is 21.7 Å². The van der Waals surface area contributed by atoms with Gasteiger partial charge in [0, 0.05) is 5.56 Å². The molecule has 88 valence electrons. The number of primary amides is 1. The van der Waals surface area contributed by atoms with Crippen molar-refractivity contribution in [1.82, 2.24) is 9.78 Å². The van der Waals surface area contributed by atoms with Crippen LogP contribution in [-0.4, -0.2) is 15.7 Å². The van der Waals surface area contributed by atoms with E-state index in [1.165, 1.54) is 0 Å². The molecular formula is C12H12ClN3O. The van der Waals surface area contributed by atoms with Crippen molar-refractivity contribution < 1.29 is 4.79 Å². The monoisotopic (exact) mass is 249 g/mol. The zero-order valence-electron chi connectivity index (χ0n) is 9.57. The lowest BCUT2D eigenvalue weighted by Crippen LogP contribution is -2.10. The topological polar surface area (TPSA) is 60.9 Å². The molecule has 5 heteroatoms. The second-order valence-electron chi connectivity index (χ2n) is 3.81.